The molecule has 1 amide bonds. The maximum atomic E-state index is 12.5. The number of sulfonamides is 1. The third-order valence-electron chi connectivity index (χ3n) is 4.17. The van der Waals surface area contributed by atoms with Crippen LogP contribution in [0.4, 0.5) is 5.69 Å². The van der Waals surface area contributed by atoms with Crippen molar-refractivity contribution in [3.8, 4) is 11.4 Å². The van der Waals surface area contributed by atoms with Gasteiger partial charge in [-0.1, -0.05) is 42.1 Å². The fourth-order valence-electron chi connectivity index (χ4n) is 2.65. The van der Waals surface area contributed by atoms with Gasteiger partial charge >= 0.3 is 0 Å². The molecule has 1 heterocycles. The van der Waals surface area contributed by atoms with Crippen LogP contribution >= 0.6 is 11.8 Å². The van der Waals surface area contributed by atoms with Crippen molar-refractivity contribution in [3.63, 3.8) is 0 Å². The Labute approximate surface area is 173 Å². The molecule has 10 heteroatoms. The van der Waals surface area contributed by atoms with E-state index in [1.807, 2.05) is 41.8 Å². The second-order valence-electron chi connectivity index (χ2n) is 6.24. The molecule has 0 saturated heterocycles. The van der Waals surface area contributed by atoms with Gasteiger partial charge < -0.3 is 9.88 Å². The molecule has 1 aromatic heterocycles. The van der Waals surface area contributed by atoms with E-state index in [4.69, 9.17) is 5.14 Å². The fourth-order valence-corrected chi connectivity index (χ4v) is 4.07. The van der Waals surface area contributed by atoms with Gasteiger partial charge in [0.05, 0.1) is 10.1 Å². The number of thioether (sulfide) groups is 1. The molecular formula is C19H21N5O3S2. The van der Waals surface area contributed by atoms with E-state index < -0.39 is 15.3 Å². The molecule has 0 bridgehead atoms. The van der Waals surface area contributed by atoms with Gasteiger partial charge in [-0.2, -0.15) is 0 Å². The van der Waals surface area contributed by atoms with Crippen LogP contribution in [0.3, 0.4) is 0 Å². The minimum Gasteiger partial charge on any atom is -0.325 e. The van der Waals surface area contributed by atoms with Gasteiger partial charge in [-0.15, -0.1) is 10.2 Å². The van der Waals surface area contributed by atoms with Crippen molar-refractivity contribution in [1.82, 2.24) is 14.8 Å². The quantitative estimate of drug-likeness (QED) is 0.555. The Morgan fingerprint density at radius 3 is 2.38 bits per heavy atom. The first-order valence-corrected chi connectivity index (χ1v) is 11.3. The first-order chi connectivity index (χ1) is 13.8. The average Bonchev–Trinajstić information content (AvgIpc) is 3.10. The second-order valence-corrected chi connectivity index (χ2v) is 9.10. The molecular weight excluding hydrogens is 410 g/mol. The van der Waals surface area contributed by atoms with Crippen molar-refractivity contribution >= 4 is 33.4 Å². The molecule has 3 rings (SSSR count). The van der Waals surface area contributed by atoms with Crippen LogP contribution in [0.2, 0.25) is 0 Å². The van der Waals surface area contributed by atoms with Crippen molar-refractivity contribution in [3.05, 3.63) is 54.6 Å². The highest BCUT2D eigenvalue weighted by atomic mass is 32.2. The smallest absolute Gasteiger partial charge is 0.238 e. The Bertz CT molecular complexity index is 1100. The average molecular weight is 432 g/mol. The molecule has 0 saturated carbocycles. The van der Waals surface area contributed by atoms with Crippen molar-refractivity contribution in [2.45, 2.75) is 35.7 Å². The second kappa shape index (κ2) is 8.76. The number of nitrogens with zero attached hydrogens (tertiary/aromatic N) is 3. The normalized spacial score (nSPS) is 12.5. The zero-order chi connectivity index (χ0) is 21.0. The summed E-state index contributed by atoms with van der Waals surface area (Å²) in [6.45, 7) is 4.44. The number of carbonyl (C=O) groups excluding carboxylic acids is 1. The topological polar surface area (TPSA) is 120 Å². The van der Waals surface area contributed by atoms with E-state index in [1.165, 1.54) is 36.0 Å². The lowest BCUT2D eigenvalue weighted by molar-refractivity contribution is -0.115. The highest BCUT2D eigenvalue weighted by Gasteiger charge is 2.20. The van der Waals surface area contributed by atoms with E-state index >= 15 is 0 Å². The lowest BCUT2D eigenvalue weighted by Gasteiger charge is -2.13. The van der Waals surface area contributed by atoms with Crippen LogP contribution in [-0.4, -0.2) is 34.3 Å². The zero-order valence-corrected chi connectivity index (χ0v) is 17.6. The molecule has 0 spiro atoms. The van der Waals surface area contributed by atoms with Gasteiger partial charge in [0.15, 0.2) is 11.0 Å². The zero-order valence-electron chi connectivity index (χ0n) is 15.9. The molecule has 0 radical (unpaired) electrons. The summed E-state index contributed by atoms with van der Waals surface area (Å²) in [7, 11) is -3.77. The number of aromatic nitrogens is 3. The molecule has 3 aromatic rings. The number of primary sulfonamides is 1. The molecule has 8 nitrogen and oxygen atoms in total. The van der Waals surface area contributed by atoms with Crippen molar-refractivity contribution in [2.75, 3.05) is 5.32 Å². The number of rotatable bonds is 7. The number of hydrogen-bond acceptors (Lipinski definition) is 6. The number of benzene rings is 2. The number of nitrogens with two attached hydrogens (primary N) is 1. The monoisotopic (exact) mass is 431 g/mol. The molecule has 0 aliphatic rings. The number of nitrogens with one attached hydrogen (secondary N) is 1. The summed E-state index contributed by atoms with van der Waals surface area (Å²) in [6, 6.07) is 15.4. The van der Waals surface area contributed by atoms with Crippen molar-refractivity contribution in [1.29, 1.82) is 0 Å². The van der Waals surface area contributed by atoms with E-state index in [-0.39, 0.29) is 10.8 Å². The molecule has 3 N–H and O–H groups in total. The van der Waals surface area contributed by atoms with Gasteiger partial charge in [-0.05, 0) is 38.1 Å². The van der Waals surface area contributed by atoms with Crippen LogP contribution in [-0.2, 0) is 21.4 Å². The summed E-state index contributed by atoms with van der Waals surface area (Å²) in [4.78, 5) is 12.5. The lowest BCUT2D eigenvalue weighted by Crippen LogP contribution is -2.23. The van der Waals surface area contributed by atoms with Gasteiger partial charge in [-0.25, -0.2) is 13.6 Å². The van der Waals surface area contributed by atoms with Crippen molar-refractivity contribution < 1.29 is 13.2 Å². The fraction of sp³-hybridized carbons (Fsp3) is 0.211. The molecule has 2 aromatic carbocycles. The van der Waals surface area contributed by atoms with Gasteiger partial charge in [-0.3, -0.25) is 4.79 Å². The standard InChI is InChI=1S/C19H21N5O3S2/c1-3-24-17(14-7-5-4-6-8-14)22-23-19(24)28-13(2)18(25)21-15-9-11-16(12-10-15)29(20,26)27/h4-13H,3H2,1-2H3,(H,21,25)(H2,20,26,27)/t13-/m1/s1. The summed E-state index contributed by atoms with van der Waals surface area (Å²) in [5.41, 5.74) is 1.44. The van der Waals surface area contributed by atoms with E-state index in [0.717, 1.165) is 11.4 Å². The Hall–Kier alpha value is -2.69. The Kier molecular flexibility index (Phi) is 6.36. The van der Waals surface area contributed by atoms with Crippen molar-refractivity contribution in [2.24, 2.45) is 5.14 Å². The summed E-state index contributed by atoms with van der Waals surface area (Å²) < 4.78 is 24.6. The summed E-state index contributed by atoms with van der Waals surface area (Å²) in [5, 5.41) is 16.6. The minimum atomic E-state index is -3.77. The lowest BCUT2D eigenvalue weighted by atomic mass is 10.2. The molecule has 0 unspecified atom stereocenters. The van der Waals surface area contributed by atoms with Crippen LogP contribution in [0, 0.1) is 0 Å². The highest BCUT2D eigenvalue weighted by Crippen LogP contribution is 2.27. The number of amides is 1. The van der Waals surface area contributed by atoms with E-state index in [0.29, 0.717) is 17.4 Å². The Morgan fingerprint density at radius 2 is 1.79 bits per heavy atom. The van der Waals surface area contributed by atoms with E-state index in [2.05, 4.69) is 15.5 Å². The molecule has 0 aliphatic heterocycles. The van der Waals surface area contributed by atoms with E-state index in [1.54, 1.807) is 6.92 Å². The maximum absolute atomic E-state index is 12.5. The molecule has 0 aliphatic carbocycles. The van der Waals surface area contributed by atoms with Gasteiger partial charge in [0.1, 0.15) is 0 Å². The molecule has 0 fully saturated rings. The number of hydrogen-bond donors (Lipinski definition) is 2. The summed E-state index contributed by atoms with van der Waals surface area (Å²) in [5.74, 6) is 0.520. The number of anilines is 1. The predicted molar refractivity (Wildman–Crippen MR) is 113 cm³/mol. The van der Waals surface area contributed by atoms with E-state index in [9.17, 15) is 13.2 Å². The van der Waals surface area contributed by atoms with Crippen LogP contribution in [0.25, 0.3) is 11.4 Å². The number of carbonyl (C=O) groups is 1. The van der Waals surface area contributed by atoms with Gasteiger partial charge in [0.2, 0.25) is 15.9 Å². The summed E-state index contributed by atoms with van der Waals surface area (Å²) >= 11 is 1.31. The third-order valence-corrected chi connectivity index (χ3v) is 6.18. The van der Waals surface area contributed by atoms with Crippen LogP contribution in [0.5, 0.6) is 0 Å². The Morgan fingerprint density at radius 1 is 1.14 bits per heavy atom. The highest BCUT2D eigenvalue weighted by molar-refractivity contribution is 8.00. The Balaban J connectivity index is 1.71. The maximum Gasteiger partial charge on any atom is 0.238 e. The first-order valence-electron chi connectivity index (χ1n) is 8.88. The summed E-state index contributed by atoms with van der Waals surface area (Å²) in [6.07, 6.45) is 0. The first kappa shape index (κ1) is 21.0. The van der Waals surface area contributed by atoms with Crippen LogP contribution in [0.1, 0.15) is 13.8 Å². The van der Waals surface area contributed by atoms with Crippen LogP contribution in [0.15, 0.2) is 64.6 Å². The molecule has 152 valence electrons. The largest absolute Gasteiger partial charge is 0.325 e. The molecule has 1 atom stereocenters. The van der Waals surface area contributed by atoms with Crippen LogP contribution < -0.4 is 10.5 Å². The van der Waals surface area contributed by atoms with Gasteiger partial charge in [0.25, 0.3) is 0 Å². The SMILES string of the molecule is CCn1c(S[C@H](C)C(=O)Nc2ccc(S(N)(=O)=O)cc2)nnc1-c1ccccc1. The molecule has 29 heavy (non-hydrogen) atoms. The minimum absolute atomic E-state index is 0.0117. The third kappa shape index (κ3) is 5.03. The van der Waals surface area contributed by atoms with Gasteiger partial charge in [0, 0.05) is 17.8 Å². The predicted octanol–water partition coefficient (Wildman–Crippen LogP) is 2.73.